The Morgan fingerprint density at radius 1 is 1.45 bits per heavy atom. The number of guanidine groups is 1. The quantitative estimate of drug-likeness (QED) is 0.235. The number of rotatable bonds is 6. The van der Waals surface area contributed by atoms with Gasteiger partial charge in [-0.15, -0.1) is 24.0 Å². The molecule has 120 valence electrons. The van der Waals surface area contributed by atoms with Gasteiger partial charge in [-0.2, -0.15) is 0 Å². The maximum atomic E-state index is 11.3. The maximum absolute atomic E-state index is 11.3. The Morgan fingerprint density at radius 2 is 2.15 bits per heavy atom. The van der Waals surface area contributed by atoms with Crippen LogP contribution in [0.3, 0.4) is 0 Å². The van der Waals surface area contributed by atoms with Crippen LogP contribution < -0.4 is 10.0 Å². The van der Waals surface area contributed by atoms with Gasteiger partial charge >= 0.3 is 0 Å². The first-order chi connectivity index (χ1) is 8.98. The molecule has 1 saturated heterocycles. The molecule has 1 heterocycles. The fraction of sp³-hybridized carbons (Fsp3) is 0.909. The normalized spacial score (nSPS) is 19.9. The third-order valence-corrected chi connectivity index (χ3v) is 4.28. The summed E-state index contributed by atoms with van der Waals surface area (Å²) in [6.07, 6.45) is 0.440. The van der Waals surface area contributed by atoms with Crippen molar-refractivity contribution in [2.75, 3.05) is 38.5 Å². The number of nitrogens with one attached hydrogen (secondary N) is 2. The van der Waals surface area contributed by atoms with E-state index in [1.54, 1.807) is 6.92 Å². The highest BCUT2D eigenvalue weighted by Gasteiger charge is 2.22. The van der Waals surface area contributed by atoms with Crippen molar-refractivity contribution in [3.8, 4) is 0 Å². The molecular weight excluding hydrogens is 395 g/mol. The number of aliphatic imine (C=N–C) groups is 1. The number of aliphatic hydroxyl groups excluding tert-OH is 1. The van der Waals surface area contributed by atoms with Crippen molar-refractivity contribution in [2.24, 2.45) is 4.99 Å². The Balaban J connectivity index is 0.00000361. The van der Waals surface area contributed by atoms with Crippen LogP contribution >= 0.6 is 24.0 Å². The van der Waals surface area contributed by atoms with Crippen LogP contribution in [0.25, 0.3) is 0 Å². The van der Waals surface area contributed by atoms with Gasteiger partial charge in [0.2, 0.25) is 10.0 Å². The molecule has 0 amide bonds. The summed E-state index contributed by atoms with van der Waals surface area (Å²) in [6.45, 7) is 6.34. The van der Waals surface area contributed by atoms with E-state index < -0.39 is 10.0 Å². The van der Waals surface area contributed by atoms with Crippen molar-refractivity contribution in [3.63, 3.8) is 0 Å². The van der Waals surface area contributed by atoms with Crippen molar-refractivity contribution in [1.29, 1.82) is 0 Å². The Hall–Kier alpha value is -0.130. The van der Waals surface area contributed by atoms with Crippen molar-refractivity contribution >= 4 is 40.0 Å². The van der Waals surface area contributed by atoms with E-state index in [0.29, 0.717) is 19.6 Å². The molecule has 1 rings (SSSR count). The third kappa shape index (κ3) is 7.04. The molecule has 9 heteroatoms. The van der Waals surface area contributed by atoms with E-state index in [-0.39, 0.29) is 35.8 Å². The van der Waals surface area contributed by atoms with Gasteiger partial charge in [0.25, 0.3) is 0 Å². The molecule has 0 unspecified atom stereocenters. The van der Waals surface area contributed by atoms with Crippen LogP contribution in [0, 0.1) is 0 Å². The number of sulfonamides is 1. The molecular formula is C11H25IN4O3S. The Bertz CT molecular complexity index is 402. The van der Waals surface area contributed by atoms with Gasteiger partial charge in [0, 0.05) is 26.2 Å². The van der Waals surface area contributed by atoms with Gasteiger partial charge in [0.05, 0.1) is 18.4 Å². The number of nitrogens with zero attached hydrogens (tertiary/aromatic N) is 2. The molecule has 0 bridgehead atoms. The zero-order chi connectivity index (χ0) is 14.3. The molecule has 1 aliphatic rings. The van der Waals surface area contributed by atoms with Crippen LogP contribution in [0.1, 0.15) is 20.3 Å². The minimum Gasteiger partial charge on any atom is -0.391 e. The lowest BCUT2D eigenvalue weighted by atomic mass is 10.3. The van der Waals surface area contributed by atoms with Crippen LogP contribution in [-0.2, 0) is 10.0 Å². The smallest absolute Gasteiger partial charge is 0.211 e. The summed E-state index contributed by atoms with van der Waals surface area (Å²) >= 11 is 0. The van der Waals surface area contributed by atoms with Gasteiger partial charge in [-0.1, -0.05) is 0 Å². The largest absolute Gasteiger partial charge is 0.391 e. The summed E-state index contributed by atoms with van der Waals surface area (Å²) < 4.78 is 25.0. The predicted molar refractivity (Wildman–Crippen MR) is 91.1 cm³/mol. The number of hydrogen-bond acceptors (Lipinski definition) is 4. The van der Waals surface area contributed by atoms with E-state index in [9.17, 15) is 13.5 Å². The lowest BCUT2D eigenvalue weighted by Gasteiger charge is -2.20. The van der Waals surface area contributed by atoms with E-state index in [4.69, 9.17) is 0 Å². The molecule has 0 aliphatic carbocycles. The summed E-state index contributed by atoms with van der Waals surface area (Å²) in [6, 6.07) is 0. The van der Waals surface area contributed by atoms with Gasteiger partial charge in [-0.25, -0.2) is 13.1 Å². The zero-order valence-corrected chi connectivity index (χ0v) is 15.1. The number of hydrogen-bond donors (Lipinski definition) is 3. The molecule has 0 saturated carbocycles. The standard InChI is InChI=1S/C11H24N4O3S.HI/c1-3-12-11(15-8-5-10(16)9-15)13-6-7-14-19(17,18)4-2;/h10,14,16H,3-9H2,1-2H3,(H,12,13);1H/t10-;/m1./s1. The monoisotopic (exact) mass is 420 g/mol. The second-order valence-electron chi connectivity index (χ2n) is 4.42. The first kappa shape index (κ1) is 19.9. The number of aliphatic hydroxyl groups is 1. The molecule has 1 fully saturated rings. The molecule has 0 spiro atoms. The van der Waals surface area contributed by atoms with E-state index in [0.717, 1.165) is 25.5 Å². The molecule has 0 aromatic heterocycles. The van der Waals surface area contributed by atoms with E-state index in [1.165, 1.54) is 0 Å². The molecule has 3 N–H and O–H groups in total. The predicted octanol–water partition coefficient (Wildman–Crippen LogP) is -0.424. The summed E-state index contributed by atoms with van der Waals surface area (Å²) in [7, 11) is -3.15. The fourth-order valence-electron chi connectivity index (χ4n) is 1.83. The Kier molecular flexibility index (Phi) is 9.68. The van der Waals surface area contributed by atoms with Crippen molar-refractivity contribution in [2.45, 2.75) is 26.4 Å². The second kappa shape index (κ2) is 9.74. The SMILES string of the molecule is CCNC(=NCCNS(=O)(=O)CC)N1CC[C@@H](O)C1.I. The van der Waals surface area contributed by atoms with Crippen molar-refractivity contribution in [1.82, 2.24) is 14.9 Å². The lowest BCUT2D eigenvalue weighted by molar-refractivity contribution is 0.188. The Morgan fingerprint density at radius 3 is 2.65 bits per heavy atom. The summed E-state index contributed by atoms with van der Waals surface area (Å²) in [5.41, 5.74) is 0. The summed E-state index contributed by atoms with van der Waals surface area (Å²) in [4.78, 5) is 6.35. The van der Waals surface area contributed by atoms with Crippen LogP contribution in [0.2, 0.25) is 0 Å². The minimum atomic E-state index is -3.15. The first-order valence-electron chi connectivity index (χ1n) is 6.67. The van der Waals surface area contributed by atoms with Gasteiger partial charge in [-0.3, -0.25) is 4.99 Å². The van der Waals surface area contributed by atoms with Gasteiger partial charge in [0.1, 0.15) is 0 Å². The average Bonchev–Trinajstić information content (AvgIpc) is 2.80. The van der Waals surface area contributed by atoms with Crippen LogP contribution in [-0.4, -0.2) is 69.0 Å². The highest BCUT2D eigenvalue weighted by atomic mass is 127. The third-order valence-electron chi connectivity index (χ3n) is 2.87. The van der Waals surface area contributed by atoms with Gasteiger partial charge < -0.3 is 15.3 Å². The molecule has 1 atom stereocenters. The topological polar surface area (TPSA) is 94.0 Å². The summed E-state index contributed by atoms with van der Waals surface area (Å²) in [5.74, 6) is 0.810. The van der Waals surface area contributed by atoms with E-state index in [1.807, 2.05) is 11.8 Å². The van der Waals surface area contributed by atoms with Crippen molar-refractivity contribution < 1.29 is 13.5 Å². The van der Waals surface area contributed by atoms with E-state index >= 15 is 0 Å². The number of β-amino-alcohol motifs (C(OH)–C–C–N with tert-alkyl or cyclic N) is 1. The lowest BCUT2D eigenvalue weighted by Crippen LogP contribution is -2.41. The Labute approximate surface area is 138 Å². The van der Waals surface area contributed by atoms with Crippen LogP contribution in [0.5, 0.6) is 0 Å². The number of likely N-dealkylation sites (tertiary alicyclic amines) is 1. The molecule has 7 nitrogen and oxygen atoms in total. The van der Waals surface area contributed by atoms with Crippen molar-refractivity contribution in [3.05, 3.63) is 0 Å². The highest BCUT2D eigenvalue weighted by Crippen LogP contribution is 2.08. The van der Waals surface area contributed by atoms with E-state index in [2.05, 4.69) is 15.0 Å². The average molecular weight is 420 g/mol. The molecule has 1 aliphatic heterocycles. The zero-order valence-electron chi connectivity index (χ0n) is 12.0. The molecule has 20 heavy (non-hydrogen) atoms. The number of halogens is 1. The van der Waals surface area contributed by atoms with Crippen LogP contribution in [0.4, 0.5) is 0 Å². The minimum absolute atomic E-state index is 0. The second-order valence-corrected chi connectivity index (χ2v) is 6.52. The van der Waals surface area contributed by atoms with Gasteiger partial charge in [-0.05, 0) is 20.3 Å². The van der Waals surface area contributed by atoms with Gasteiger partial charge in [0.15, 0.2) is 5.96 Å². The summed E-state index contributed by atoms with van der Waals surface area (Å²) in [5, 5.41) is 12.7. The molecule has 0 aromatic carbocycles. The first-order valence-corrected chi connectivity index (χ1v) is 8.32. The molecule has 0 aromatic rings. The maximum Gasteiger partial charge on any atom is 0.211 e. The fourth-order valence-corrected chi connectivity index (χ4v) is 2.43. The van der Waals surface area contributed by atoms with Crippen LogP contribution in [0.15, 0.2) is 4.99 Å². The highest BCUT2D eigenvalue weighted by molar-refractivity contribution is 14.0. The molecule has 0 radical (unpaired) electrons.